The molecule has 1 amide bonds. The summed E-state index contributed by atoms with van der Waals surface area (Å²) in [5, 5.41) is 8.46. The first-order valence-corrected chi connectivity index (χ1v) is 6.60. The van der Waals surface area contributed by atoms with Gasteiger partial charge in [0.05, 0.1) is 6.07 Å². The van der Waals surface area contributed by atoms with Gasteiger partial charge in [-0.3, -0.25) is 4.90 Å². The van der Waals surface area contributed by atoms with Crippen LogP contribution in [0.3, 0.4) is 0 Å². The average Bonchev–Trinajstić information content (AvgIpc) is 2.29. The van der Waals surface area contributed by atoms with E-state index in [4.69, 9.17) is 10.00 Å². The number of allylic oxidation sites excluding steroid dienone is 1. The van der Waals surface area contributed by atoms with Crippen molar-refractivity contribution < 1.29 is 9.53 Å². The first kappa shape index (κ1) is 15.5. The Balaban J connectivity index is 2.47. The maximum absolute atomic E-state index is 12.0. The van der Waals surface area contributed by atoms with E-state index in [1.807, 2.05) is 32.9 Å². The fraction of sp³-hybridized carbons (Fsp3) is 0.714. The largest absolute Gasteiger partial charge is 0.444 e. The summed E-state index contributed by atoms with van der Waals surface area (Å²) in [4.78, 5) is 15.9. The third-order valence-electron chi connectivity index (χ3n) is 2.95. The fourth-order valence-electron chi connectivity index (χ4n) is 2.00. The van der Waals surface area contributed by atoms with Gasteiger partial charge in [0, 0.05) is 38.3 Å². The molecule has 1 fully saturated rings. The zero-order chi connectivity index (χ0) is 14.5. The molecule has 1 saturated heterocycles. The second-order valence-electron chi connectivity index (χ2n) is 5.80. The molecule has 0 aromatic rings. The number of piperazine rings is 1. The van der Waals surface area contributed by atoms with Crippen molar-refractivity contribution in [3.05, 3.63) is 12.2 Å². The van der Waals surface area contributed by atoms with Gasteiger partial charge in [0.25, 0.3) is 0 Å². The van der Waals surface area contributed by atoms with Crippen LogP contribution in [-0.2, 0) is 4.74 Å². The van der Waals surface area contributed by atoms with Crippen molar-refractivity contribution in [3.8, 4) is 6.07 Å². The highest BCUT2D eigenvalue weighted by Gasteiger charge is 2.29. The Hall–Kier alpha value is -1.54. The standard InChI is InChI=1S/C14H23N3O2/c1-12-11-17(13(18)19-14(2,3)4)10-9-16(12)8-6-5-7-15/h5-6,12H,8-11H2,1-4H3/t12-/m1/s1. The maximum atomic E-state index is 12.0. The van der Waals surface area contributed by atoms with Crippen molar-refractivity contribution in [3.63, 3.8) is 0 Å². The van der Waals surface area contributed by atoms with E-state index in [0.717, 1.165) is 13.1 Å². The number of carbonyl (C=O) groups excluding carboxylic acids is 1. The minimum atomic E-state index is -0.451. The van der Waals surface area contributed by atoms with Crippen LogP contribution in [0.15, 0.2) is 12.2 Å². The molecule has 0 aromatic heterocycles. The normalized spacial score (nSPS) is 21.4. The monoisotopic (exact) mass is 265 g/mol. The molecule has 106 valence electrons. The van der Waals surface area contributed by atoms with Gasteiger partial charge in [-0.1, -0.05) is 6.08 Å². The van der Waals surface area contributed by atoms with Gasteiger partial charge >= 0.3 is 6.09 Å². The van der Waals surface area contributed by atoms with Crippen LogP contribution in [0.1, 0.15) is 27.7 Å². The lowest BCUT2D eigenvalue weighted by Gasteiger charge is -2.39. The van der Waals surface area contributed by atoms with Gasteiger partial charge in [-0.15, -0.1) is 0 Å². The second kappa shape index (κ2) is 6.58. The van der Waals surface area contributed by atoms with Crippen LogP contribution in [0.2, 0.25) is 0 Å². The smallest absolute Gasteiger partial charge is 0.410 e. The summed E-state index contributed by atoms with van der Waals surface area (Å²) in [5.74, 6) is 0. The number of ether oxygens (including phenoxy) is 1. The van der Waals surface area contributed by atoms with Crippen molar-refractivity contribution in [1.29, 1.82) is 5.26 Å². The molecule has 0 unspecified atom stereocenters. The Labute approximate surface area is 115 Å². The highest BCUT2D eigenvalue weighted by Crippen LogP contribution is 2.14. The molecule has 0 bridgehead atoms. The number of hydrogen-bond donors (Lipinski definition) is 0. The quantitative estimate of drug-likeness (QED) is 0.717. The van der Waals surface area contributed by atoms with E-state index < -0.39 is 5.60 Å². The van der Waals surface area contributed by atoms with E-state index >= 15 is 0 Å². The van der Waals surface area contributed by atoms with Gasteiger partial charge in [0.2, 0.25) is 0 Å². The Morgan fingerprint density at radius 3 is 2.68 bits per heavy atom. The van der Waals surface area contributed by atoms with Gasteiger partial charge in [0.1, 0.15) is 5.60 Å². The summed E-state index contributed by atoms with van der Waals surface area (Å²) < 4.78 is 5.37. The fourth-order valence-corrected chi connectivity index (χ4v) is 2.00. The van der Waals surface area contributed by atoms with Crippen LogP contribution in [0, 0.1) is 11.3 Å². The Bertz CT molecular complexity index is 379. The number of amides is 1. The highest BCUT2D eigenvalue weighted by molar-refractivity contribution is 5.68. The summed E-state index contributed by atoms with van der Waals surface area (Å²) in [6.45, 7) is 10.6. The highest BCUT2D eigenvalue weighted by atomic mass is 16.6. The van der Waals surface area contributed by atoms with E-state index in [0.29, 0.717) is 13.1 Å². The van der Waals surface area contributed by atoms with Gasteiger partial charge < -0.3 is 9.64 Å². The molecule has 5 nitrogen and oxygen atoms in total. The molecule has 0 aromatic carbocycles. The number of hydrogen-bond acceptors (Lipinski definition) is 4. The van der Waals surface area contributed by atoms with E-state index in [2.05, 4.69) is 11.8 Å². The summed E-state index contributed by atoms with van der Waals surface area (Å²) in [7, 11) is 0. The molecule has 0 radical (unpaired) electrons. The van der Waals surface area contributed by atoms with E-state index in [1.165, 1.54) is 6.08 Å². The maximum Gasteiger partial charge on any atom is 0.410 e. The minimum absolute atomic E-state index is 0.244. The van der Waals surface area contributed by atoms with Gasteiger partial charge in [-0.25, -0.2) is 4.79 Å². The lowest BCUT2D eigenvalue weighted by Crippen LogP contribution is -2.54. The molecule has 1 aliphatic heterocycles. The zero-order valence-corrected chi connectivity index (χ0v) is 12.2. The molecule has 19 heavy (non-hydrogen) atoms. The van der Waals surface area contributed by atoms with Crippen LogP contribution in [0.5, 0.6) is 0 Å². The topological polar surface area (TPSA) is 56.6 Å². The molecule has 1 heterocycles. The SMILES string of the molecule is C[C@@H]1CN(C(=O)OC(C)(C)C)CCN1CC=CC#N. The Morgan fingerprint density at radius 2 is 2.16 bits per heavy atom. The van der Waals surface area contributed by atoms with E-state index in [1.54, 1.807) is 4.90 Å². The molecule has 5 heteroatoms. The Kier molecular flexibility index (Phi) is 5.37. The molecular formula is C14H23N3O2. The van der Waals surface area contributed by atoms with Gasteiger partial charge in [-0.2, -0.15) is 5.26 Å². The summed E-state index contributed by atoms with van der Waals surface area (Å²) in [6.07, 6.45) is 3.10. The lowest BCUT2D eigenvalue weighted by molar-refractivity contribution is 0.00743. The number of nitriles is 1. The second-order valence-corrected chi connectivity index (χ2v) is 5.80. The molecular weight excluding hydrogens is 242 g/mol. The van der Waals surface area contributed by atoms with E-state index in [9.17, 15) is 4.79 Å². The zero-order valence-electron chi connectivity index (χ0n) is 12.2. The summed E-state index contributed by atoms with van der Waals surface area (Å²) in [6, 6.07) is 2.25. The lowest BCUT2D eigenvalue weighted by atomic mass is 10.2. The number of nitrogens with zero attached hydrogens (tertiary/aromatic N) is 3. The predicted octanol–water partition coefficient (Wildman–Crippen LogP) is 2.01. The van der Waals surface area contributed by atoms with Crippen molar-refractivity contribution in [2.45, 2.75) is 39.3 Å². The molecule has 1 aliphatic rings. The van der Waals surface area contributed by atoms with Crippen LogP contribution in [0.4, 0.5) is 4.79 Å². The van der Waals surface area contributed by atoms with Crippen LogP contribution < -0.4 is 0 Å². The van der Waals surface area contributed by atoms with Crippen LogP contribution >= 0.6 is 0 Å². The first-order valence-electron chi connectivity index (χ1n) is 6.60. The van der Waals surface area contributed by atoms with Crippen molar-refractivity contribution in [2.24, 2.45) is 0 Å². The van der Waals surface area contributed by atoms with Crippen molar-refractivity contribution in [1.82, 2.24) is 9.80 Å². The number of carbonyl (C=O) groups is 1. The van der Waals surface area contributed by atoms with Gasteiger partial charge in [0.15, 0.2) is 0 Å². The van der Waals surface area contributed by atoms with Crippen LogP contribution in [0.25, 0.3) is 0 Å². The molecule has 0 saturated carbocycles. The van der Waals surface area contributed by atoms with Crippen molar-refractivity contribution >= 4 is 6.09 Å². The molecule has 0 aliphatic carbocycles. The molecule has 1 atom stereocenters. The molecule has 0 spiro atoms. The average molecular weight is 265 g/mol. The minimum Gasteiger partial charge on any atom is -0.444 e. The molecule has 0 N–H and O–H groups in total. The third-order valence-corrected chi connectivity index (χ3v) is 2.95. The summed E-state index contributed by atoms with van der Waals surface area (Å²) >= 11 is 0. The first-order chi connectivity index (χ1) is 8.83. The van der Waals surface area contributed by atoms with Crippen molar-refractivity contribution in [2.75, 3.05) is 26.2 Å². The Morgan fingerprint density at radius 1 is 1.47 bits per heavy atom. The third kappa shape index (κ3) is 5.31. The van der Waals surface area contributed by atoms with E-state index in [-0.39, 0.29) is 12.1 Å². The number of rotatable bonds is 2. The predicted molar refractivity (Wildman–Crippen MR) is 73.6 cm³/mol. The van der Waals surface area contributed by atoms with Crippen LogP contribution in [-0.4, -0.2) is 53.7 Å². The molecule has 1 rings (SSSR count). The summed E-state index contributed by atoms with van der Waals surface area (Å²) in [5.41, 5.74) is -0.451. The van der Waals surface area contributed by atoms with Gasteiger partial charge in [-0.05, 0) is 27.7 Å².